The quantitative estimate of drug-likeness (QED) is 0.606. The van der Waals surface area contributed by atoms with Crippen molar-refractivity contribution < 1.29 is 22.8 Å². The number of amides is 1. The van der Waals surface area contributed by atoms with Crippen molar-refractivity contribution in [1.29, 1.82) is 5.26 Å². The predicted octanol–water partition coefficient (Wildman–Crippen LogP) is 5.07. The minimum Gasteiger partial charge on any atom is -0.372 e. The van der Waals surface area contributed by atoms with Gasteiger partial charge in [0.05, 0.1) is 12.5 Å². The van der Waals surface area contributed by atoms with E-state index in [9.17, 15) is 23.2 Å². The van der Waals surface area contributed by atoms with Gasteiger partial charge in [-0.1, -0.05) is 28.4 Å². The number of halogens is 5. The van der Waals surface area contributed by atoms with E-state index in [2.05, 4.69) is 21.5 Å². The molecular weight excluding hydrogens is 506 g/mol. The number of aromatic nitrogens is 1. The van der Waals surface area contributed by atoms with Crippen molar-refractivity contribution in [2.45, 2.75) is 56.1 Å². The fourth-order valence-corrected chi connectivity index (χ4v) is 5.04. The molecule has 1 atom stereocenters. The molecule has 7 nitrogen and oxygen atoms in total. The summed E-state index contributed by atoms with van der Waals surface area (Å²) in [4.78, 5) is 23.5. The van der Waals surface area contributed by atoms with Crippen LogP contribution in [0, 0.1) is 11.3 Å². The van der Waals surface area contributed by atoms with Crippen LogP contribution in [-0.4, -0.2) is 33.3 Å². The molecule has 2 aliphatic heterocycles. The molecule has 1 aliphatic carbocycles. The summed E-state index contributed by atoms with van der Waals surface area (Å²) in [5.41, 5.74) is -2.16. The standard InChI is InChI=1S/C23H18Cl2F3N5O2/c24-16-5-15(6-17(25)7-16)22(23(26,27)28)8-19(32-35-22)33-10-13-4-18(30-9-14(13)11-33)20(34)31-21(12-29)2-1-3-21/h4-7,9H,1-3,8,10-11H2,(H,31,34). The number of nitriles is 1. The van der Waals surface area contributed by atoms with E-state index in [1.807, 2.05) is 0 Å². The lowest BCUT2D eigenvalue weighted by Gasteiger charge is -2.35. The Labute approximate surface area is 208 Å². The second kappa shape index (κ2) is 8.28. The topological polar surface area (TPSA) is 90.6 Å². The van der Waals surface area contributed by atoms with Gasteiger partial charge < -0.3 is 15.1 Å². The van der Waals surface area contributed by atoms with Crippen LogP contribution in [0.4, 0.5) is 13.2 Å². The van der Waals surface area contributed by atoms with Crippen molar-refractivity contribution in [1.82, 2.24) is 15.2 Å². The molecule has 35 heavy (non-hydrogen) atoms. The van der Waals surface area contributed by atoms with E-state index >= 15 is 0 Å². The van der Waals surface area contributed by atoms with E-state index in [1.54, 1.807) is 11.0 Å². The van der Waals surface area contributed by atoms with Crippen molar-refractivity contribution in [3.63, 3.8) is 0 Å². The molecule has 12 heteroatoms. The molecule has 1 unspecified atom stereocenters. The first kappa shape index (κ1) is 23.7. The first-order valence-corrected chi connectivity index (χ1v) is 11.5. The number of carbonyl (C=O) groups excluding carboxylic acids is 1. The summed E-state index contributed by atoms with van der Waals surface area (Å²) in [6, 6.07) is 7.42. The first-order valence-electron chi connectivity index (χ1n) is 10.8. The summed E-state index contributed by atoms with van der Waals surface area (Å²) in [6.45, 7) is 0.493. The number of amidine groups is 1. The van der Waals surface area contributed by atoms with E-state index in [-0.39, 0.29) is 40.2 Å². The smallest absolute Gasteiger partial charge is 0.372 e. The molecule has 0 spiro atoms. The average Bonchev–Trinajstić information content (AvgIpc) is 3.40. The number of fused-ring (bicyclic) bond motifs is 1. The van der Waals surface area contributed by atoms with Crippen molar-refractivity contribution in [3.05, 3.63) is 62.9 Å². The number of alkyl halides is 3. The fraction of sp³-hybridized carbons (Fsp3) is 0.391. The molecule has 5 rings (SSSR count). The van der Waals surface area contributed by atoms with Crippen molar-refractivity contribution in [3.8, 4) is 6.07 Å². The van der Waals surface area contributed by atoms with Gasteiger partial charge in [-0.15, -0.1) is 0 Å². The molecule has 0 saturated heterocycles. The fourth-order valence-electron chi connectivity index (χ4n) is 4.51. The third kappa shape index (κ3) is 4.06. The molecule has 1 fully saturated rings. The van der Waals surface area contributed by atoms with Crippen molar-refractivity contribution in [2.75, 3.05) is 0 Å². The SMILES string of the molecule is N#CC1(NC(=O)c2cc3c(cn2)CN(C2=NOC(c4cc(Cl)cc(Cl)c4)(C(F)(F)F)C2)C3)CCC1. The molecule has 0 radical (unpaired) electrons. The molecule has 0 bridgehead atoms. The van der Waals surface area contributed by atoms with E-state index in [1.165, 1.54) is 24.4 Å². The molecular formula is C23H18Cl2F3N5O2. The number of rotatable bonds is 3. The predicted molar refractivity (Wildman–Crippen MR) is 120 cm³/mol. The number of benzene rings is 1. The third-order valence-electron chi connectivity index (χ3n) is 6.68. The monoisotopic (exact) mass is 523 g/mol. The molecule has 2 aromatic rings. The summed E-state index contributed by atoms with van der Waals surface area (Å²) in [5, 5.41) is 16.0. The van der Waals surface area contributed by atoms with Gasteiger partial charge in [-0.2, -0.15) is 18.4 Å². The highest BCUT2D eigenvalue weighted by Crippen LogP contribution is 2.49. The maximum absolute atomic E-state index is 14.2. The van der Waals surface area contributed by atoms with Crippen molar-refractivity contribution >= 4 is 34.9 Å². The Balaban J connectivity index is 1.34. The van der Waals surface area contributed by atoms with Gasteiger partial charge in [0.1, 0.15) is 17.1 Å². The number of hydrogen-bond acceptors (Lipinski definition) is 6. The summed E-state index contributed by atoms with van der Waals surface area (Å²) >= 11 is 11.9. The second-order valence-corrected chi connectivity index (χ2v) is 9.83. The minimum atomic E-state index is -4.79. The Morgan fingerprint density at radius 2 is 1.83 bits per heavy atom. The number of carbonyl (C=O) groups is 1. The Morgan fingerprint density at radius 3 is 2.43 bits per heavy atom. The first-order chi connectivity index (χ1) is 16.5. The number of pyridine rings is 1. The third-order valence-corrected chi connectivity index (χ3v) is 7.11. The Morgan fingerprint density at radius 1 is 1.14 bits per heavy atom. The van der Waals surface area contributed by atoms with Crippen LogP contribution in [0.15, 0.2) is 35.6 Å². The summed E-state index contributed by atoms with van der Waals surface area (Å²) in [6.07, 6.45) is -1.78. The Kier molecular flexibility index (Phi) is 5.61. The van der Waals surface area contributed by atoms with Crippen LogP contribution in [-0.2, 0) is 23.5 Å². The van der Waals surface area contributed by atoms with Crippen LogP contribution >= 0.6 is 23.2 Å². The normalized spacial score (nSPS) is 22.5. The number of nitrogens with one attached hydrogen (secondary N) is 1. The molecule has 1 aromatic heterocycles. The molecule has 182 valence electrons. The highest BCUT2D eigenvalue weighted by molar-refractivity contribution is 6.34. The lowest BCUT2D eigenvalue weighted by Crippen LogP contribution is -2.52. The molecule has 3 aliphatic rings. The number of hydrogen-bond donors (Lipinski definition) is 1. The van der Waals surface area contributed by atoms with Crippen LogP contribution in [0.25, 0.3) is 0 Å². The zero-order chi connectivity index (χ0) is 25.0. The Bertz CT molecular complexity index is 1270. The maximum atomic E-state index is 14.2. The average molecular weight is 524 g/mol. The molecule has 1 amide bonds. The minimum absolute atomic E-state index is 0.0544. The number of oxime groups is 1. The zero-order valence-corrected chi connectivity index (χ0v) is 19.6. The largest absolute Gasteiger partial charge is 0.435 e. The highest BCUT2D eigenvalue weighted by atomic mass is 35.5. The highest BCUT2D eigenvalue weighted by Gasteiger charge is 2.63. The lowest BCUT2D eigenvalue weighted by atomic mass is 9.78. The van der Waals surface area contributed by atoms with E-state index in [0.29, 0.717) is 12.8 Å². The van der Waals surface area contributed by atoms with Gasteiger partial charge in [0.2, 0.25) is 0 Å². The number of nitrogens with zero attached hydrogens (tertiary/aromatic N) is 4. The van der Waals surface area contributed by atoms with Crippen LogP contribution < -0.4 is 5.32 Å². The van der Waals surface area contributed by atoms with E-state index < -0.39 is 29.6 Å². The zero-order valence-electron chi connectivity index (χ0n) is 18.1. The van der Waals surface area contributed by atoms with Crippen LogP contribution in [0.3, 0.4) is 0 Å². The van der Waals surface area contributed by atoms with Gasteiger partial charge in [-0.25, -0.2) is 0 Å². The molecule has 1 aromatic carbocycles. The maximum Gasteiger partial charge on any atom is 0.435 e. The van der Waals surface area contributed by atoms with E-state index in [4.69, 9.17) is 28.0 Å². The summed E-state index contributed by atoms with van der Waals surface area (Å²) in [5.74, 6) is -0.346. The van der Waals surface area contributed by atoms with Crippen LogP contribution in [0.1, 0.15) is 52.9 Å². The second-order valence-electron chi connectivity index (χ2n) is 8.95. The van der Waals surface area contributed by atoms with Crippen molar-refractivity contribution in [2.24, 2.45) is 5.16 Å². The van der Waals surface area contributed by atoms with E-state index in [0.717, 1.165) is 17.5 Å². The van der Waals surface area contributed by atoms with Gasteiger partial charge >= 0.3 is 6.18 Å². The van der Waals surface area contributed by atoms with Gasteiger partial charge in [0.15, 0.2) is 0 Å². The van der Waals surface area contributed by atoms with Gasteiger partial charge in [0, 0.05) is 34.9 Å². The molecule has 1 N–H and O–H groups in total. The van der Waals surface area contributed by atoms with Gasteiger partial charge in [-0.3, -0.25) is 9.78 Å². The molecule has 3 heterocycles. The van der Waals surface area contributed by atoms with Crippen LogP contribution in [0.5, 0.6) is 0 Å². The van der Waals surface area contributed by atoms with Gasteiger partial charge in [-0.05, 0) is 54.7 Å². The summed E-state index contributed by atoms with van der Waals surface area (Å²) in [7, 11) is 0. The molecule has 1 saturated carbocycles. The Hall–Kier alpha value is -3.03. The van der Waals surface area contributed by atoms with Gasteiger partial charge in [0.25, 0.3) is 11.5 Å². The van der Waals surface area contributed by atoms with Crippen LogP contribution in [0.2, 0.25) is 10.0 Å². The summed E-state index contributed by atoms with van der Waals surface area (Å²) < 4.78 is 42.7. The lowest BCUT2D eigenvalue weighted by molar-refractivity contribution is -0.275.